The first kappa shape index (κ1) is 15.3. The summed E-state index contributed by atoms with van der Waals surface area (Å²) in [6, 6.07) is 6.11. The van der Waals surface area contributed by atoms with Gasteiger partial charge in [0.2, 0.25) is 5.91 Å². The smallest absolute Gasteiger partial charge is 0.232 e. The lowest BCUT2D eigenvalue weighted by molar-refractivity contribution is -0.129. The van der Waals surface area contributed by atoms with E-state index in [-0.39, 0.29) is 11.9 Å². The number of hydrogen-bond donors (Lipinski definition) is 1. The van der Waals surface area contributed by atoms with E-state index in [0.29, 0.717) is 11.7 Å². The molecule has 0 aromatic carbocycles. The molecule has 0 saturated carbocycles. The van der Waals surface area contributed by atoms with Crippen LogP contribution in [-0.4, -0.2) is 40.7 Å². The maximum Gasteiger partial charge on any atom is 0.232 e. The summed E-state index contributed by atoms with van der Waals surface area (Å²) in [7, 11) is 0. The lowest BCUT2D eigenvalue weighted by Gasteiger charge is -2.33. The van der Waals surface area contributed by atoms with Crippen LogP contribution >= 0.6 is 11.8 Å². The lowest BCUT2D eigenvalue weighted by Crippen LogP contribution is -2.43. The van der Waals surface area contributed by atoms with Gasteiger partial charge in [0.25, 0.3) is 0 Å². The Bertz CT molecular complexity index is 416. The fourth-order valence-corrected chi connectivity index (χ4v) is 3.33. The molecule has 2 N–H and O–H groups in total. The second-order valence-electron chi connectivity index (χ2n) is 5.39. The predicted octanol–water partition coefficient (Wildman–Crippen LogP) is 1.90. The first-order chi connectivity index (χ1) is 9.66. The standard InChI is InChI=1S/C15H23N3OS/c1-12(16)13-5-8-18(9-6-13)15(19)11-20-10-14-4-2-3-7-17-14/h2-4,7,12-13H,5-6,8-11,16H2,1H3. The van der Waals surface area contributed by atoms with E-state index in [4.69, 9.17) is 5.73 Å². The number of piperidine rings is 1. The molecule has 20 heavy (non-hydrogen) atoms. The summed E-state index contributed by atoms with van der Waals surface area (Å²) in [4.78, 5) is 18.4. The Kier molecular flexibility index (Phi) is 5.86. The summed E-state index contributed by atoms with van der Waals surface area (Å²) < 4.78 is 0. The van der Waals surface area contributed by atoms with Crippen molar-refractivity contribution in [3.63, 3.8) is 0 Å². The van der Waals surface area contributed by atoms with Crippen molar-refractivity contribution >= 4 is 17.7 Å². The number of nitrogens with two attached hydrogens (primary N) is 1. The highest BCUT2D eigenvalue weighted by atomic mass is 32.2. The van der Waals surface area contributed by atoms with Crippen molar-refractivity contribution in [2.75, 3.05) is 18.8 Å². The molecule has 0 aliphatic carbocycles. The van der Waals surface area contributed by atoms with Crippen molar-refractivity contribution in [1.82, 2.24) is 9.88 Å². The van der Waals surface area contributed by atoms with E-state index in [1.54, 1.807) is 18.0 Å². The second-order valence-corrected chi connectivity index (χ2v) is 6.38. The van der Waals surface area contributed by atoms with Gasteiger partial charge < -0.3 is 10.6 Å². The van der Waals surface area contributed by atoms with Crippen molar-refractivity contribution in [3.8, 4) is 0 Å². The summed E-state index contributed by atoms with van der Waals surface area (Å²) >= 11 is 1.64. The zero-order valence-corrected chi connectivity index (χ0v) is 12.8. The van der Waals surface area contributed by atoms with Gasteiger partial charge in [-0.15, -0.1) is 11.8 Å². The highest BCUT2D eigenvalue weighted by molar-refractivity contribution is 7.99. The van der Waals surface area contributed by atoms with E-state index in [1.807, 2.05) is 23.1 Å². The van der Waals surface area contributed by atoms with Crippen molar-refractivity contribution in [1.29, 1.82) is 0 Å². The Morgan fingerprint density at radius 3 is 2.85 bits per heavy atom. The molecule has 4 nitrogen and oxygen atoms in total. The number of pyridine rings is 1. The number of thioether (sulfide) groups is 1. The third-order valence-electron chi connectivity index (χ3n) is 3.84. The number of nitrogens with zero attached hydrogens (tertiary/aromatic N) is 2. The Labute approximate surface area is 125 Å². The number of amides is 1. The van der Waals surface area contributed by atoms with Crippen molar-refractivity contribution in [2.45, 2.75) is 31.6 Å². The molecule has 1 atom stereocenters. The quantitative estimate of drug-likeness (QED) is 0.901. The summed E-state index contributed by atoms with van der Waals surface area (Å²) in [5, 5.41) is 0. The Morgan fingerprint density at radius 1 is 1.50 bits per heavy atom. The minimum atomic E-state index is 0.241. The lowest BCUT2D eigenvalue weighted by atomic mass is 9.91. The van der Waals surface area contributed by atoms with Gasteiger partial charge in [0.05, 0.1) is 11.4 Å². The maximum atomic E-state index is 12.1. The predicted molar refractivity (Wildman–Crippen MR) is 83.4 cm³/mol. The van der Waals surface area contributed by atoms with Crippen LogP contribution < -0.4 is 5.73 Å². The third kappa shape index (κ3) is 4.49. The molecule has 5 heteroatoms. The zero-order chi connectivity index (χ0) is 14.4. The number of likely N-dealkylation sites (tertiary alicyclic amines) is 1. The largest absolute Gasteiger partial charge is 0.342 e. The first-order valence-corrected chi connectivity index (χ1v) is 8.33. The van der Waals surface area contributed by atoms with E-state index in [1.165, 1.54) is 0 Å². The summed E-state index contributed by atoms with van der Waals surface area (Å²) in [6.07, 6.45) is 3.86. The van der Waals surface area contributed by atoms with E-state index in [2.05, 4.69) is 11.9 Å². The Balaban J connectivity index is 1.68. The molecule has 1 amide bonds. The van der Waals surface area contributed by atoms with E-state index in [9.17, 15) is 4.79 Å². The van der Waals surface area contributed by atoms with Gasteiger partial charge in [-0.25, -0.2) is 0 Å². The molecular formula is C15H23N3OS. The van der Waals surface area contributed by atoms with Crippen LogP contribution in [0.5, 0.6) is 0 Å². The molecule has 1 aromatic heterocycles. The maximum absolute atomic E-state index is 12.1. The topological polar surface area (TPSA) is 59.2 Å². The number of carbonyl (C=O) groups is 1. The average molecular weight is 293 g/mol. The van der Waals surface area contributed by atoms with Gasteiger partial charge in [-0.2, -0.15) is 0 Å². The second kappa shape index (κ2) is 7.64. The average Bonchev–Trinajstić information content (AvgIpc) is 2.48. The molecule has 1 aliphatic rings. The molecule has 0 spiro atoms. The first-order valence-electron chi connectivity index (χ1n) is 7.18. The Morgan fingerprint density at radius 2 is 2.25 bits per heavy atom. The molecule has 0 radical (unpaired) electrons. The van der Waals surface area contributed by atoms with E-state index >= 15 is 0 Å². The van der Waals surface area contributed by atoms with Crippen LogP contribution in [0.2, 0.25) is 0 Å². The van der Waals surface area contributed by atoms with Crippen molar-refractivity contribution in [2.24, 2.45) is 11.7 Å². The minimum Gasteiger partial charge on any atom is -0.342 e. The van der Waals surface area contributed by atoms with Gasteiger partial charge in [0.15, 0.2) is 0 Å². The van der Waals surface area contributed by atoms with Crippen molar-refractivity contribution < 1.29 is 4.79 Å². The molecule has 1 aromatic rings. The summed E-state index contributed by atoms with van der Waals surface area (Å²) in [6.45, 7) is 3.77. The fraction of sp³-hybridized carbons (Fsp3) is 0.600. The zero-order valence-electron chi connectivity index (χ0n) is 12.0. The van der Waals surface area contributed by atoms with Gasteiger partial charge in [0.1, 0.15) is 0 Å². The Hall–Kier alpha value is -1.07. The number of aromatic nitrogens is 1. The number of hydrogen-bond acceptors (Lipinski definition) is 4. The van der Waals surface area contributed by atoms with Crippen LogP contribution in [0.4, 0.5) is 0 Å². The molecule has 1 fully saturated rings. The molecule has 0 bridgehead atoms. The molecule has 2 heterocycles. The van der Waals surface area contributed by atoms with Crippen LogP contribution in [0.3, 0.4) is 0 Å². The molecule has 1 unspecified atom stereocenters. The van der Waals surface area contributed by atoms with Crippen LogP contribution in [-0.2, 0) is 10.5 Å². The van der Waals surface area contributed by atoms with E-state index < -0.39 is 0 Å². The van der Waals surface area contributed by atoms with Gasteiger partial charge in [0, 0.05) is 31.1 Å². The van der Waals surface area contributed by atoms with Crippen LogP contribution in [0.1, 0.15) is 25.5 Å². The molecule has 1 aliphatic heterocycles. The highest BCUT2D eigenvalue weighted by Crippen LogP contribution is 2.20. The summed E-state index contributed by atoms with van der Waals surface area (Å²) in [5.74, 6) is 2.15. The molecular weight excluding hydrogens is 270 g/mol. The van der Waals surface area contributed by atoms with Crippen LogP contribution in [0, 0.1) is 5.92 Å². The van der Waals surface area contributed by atoms with Gasteiger partial charge in [-0.05, 0) is 37.8 Å². The minimum absolute atomic E-state index is 0.241. The number of carbonyl (C=O) groups excluding carboxylic acids is 1. The molecule has 110 valence electrons. The highest BCUT2D eigenvalue weighted by Gasteiger charge is 2.24. The number of rotatable bonds is 5. The van der Waals surface area contributed by atoms with Crippen LogP contribution in [0.25, 0.3) is 0 Å². The van der Waals surface area contributed by atoms with Gasteiger partial charge >= 0.3 is 0 Å². The normalized spacial score (nSPS) is 18.0. The van der Waals surface area contributed by atoms with E-state index in [0.717, 1.165) is 37.4 Å². The van der Waals surface area contributed by atoms with Crippen LogP contribution in [0.15, 0.2) is 24.4 Å². The fourth-order valence-electron chi connectivity index (χ4n) is 2.49. The summed E-state index contributed by atoms with van der Waals surface area (Å²) in [5.41, 5.74) is 6.95. The van der Waals surface area contributed by atoms with Gasteiger partial charge in [-0.3, -0.25) is 9.78 Å². The third-order valence-corrected chi connectivity index (χ3v) is 4.79. The monoisotopic (exact) mass is 293 g/mol. The van der Waals surface area contributed by atoms with Gasteiger partial charge in [-0.1, -0.05) is 6.07 Å². The van der Waals surface area contributed by atoms with Crippen molar-refractivity contribution in [3.05, 3.63) is 30.1 Å². The SMILES string of the molecule is CC(N)C1CCN(C(=O)CSCc2ccccn2)CC1. The molecule has 2 rings (SSSR count). The molecule has 1 saturated heterocycles.